The molecule has 17 heavy (non-hydrogen) atoms. The summed E-state index contributed by atoms with van der Waals surface area (Å²) in [6.07, 6.45) is 3.12. The summed E-state index contributed by atoms with van der Waals surface area (Å²) in [5, 5.41) is 13.2. The number of nitrogens with one attached hydrogen (secondary N) is 1. The number of nitrogens with zero attached hydrogens (tertiary/aromatic N) is 2. The zero-order valence-electron chi connectivity index (χ0n) is 10.3. The molecule has 88 valence electrons. The standard InChI is InChI=1S/C14H17N3/c1-11(9-15)16-8-7-12-10-17(2)14-6-4-3-5-13(12)14/h3-6,10-11,16H,7-8H2,1-2H3. The molecule has 0 saturated heterocycles. The lowest BCUT2D eigenvalue weighted by Crippen LogP contribution is -2.26. The predicted molar refractivity (Wildman–Crippen MR) is 69.7 cm³/mol. The first-order chi connectivity index (χ1) is 8.22. The van der Waals surface area contributed by atoms with E-state index in [0.717, 1.165) is 13.0 Å². The highest BCUT2D eigenvalue weighted by molar-refractivity contribution is 5.83. The molecular weight excluding hydrogens is 210 g/mol. The molecule has 0 amide bonds. The second kappa shape index (κ2) is 5.03. The average Bonchev–Trinajstić information content (AvgIpc) is 2.67. The molecule has 1 aromatic carbocycles. The lowest BCUT2D eigenvalue weighted by molar-refractivity contribution is 0.641. The van der Waals surface area contributed by atoms with E-state index in [9.17, 15) is 0 Å². The molecule has 1 heterocycles. The molecule has 0 aliphatic heterocycles. The van der Waals surface area contributed by atoms with Crippen LogP contribution >= 0.6 is 0 Å². The number of hydrogen-bond acceptors (Lipinski definition) is 2. The van der Waals surface area contributed by atoms with Crippen molar-refractivity contribution >= 4 is 10.9 Å². The quantitative estimate of drug-likeness (QED) is 0.870. The van der Waals surface area contributed by atoms with Gasteiger partial charge >= 0.3 is 0 Å². The summed E-state index contributed by atoms with van der Waals surface area (Å²) in [6.45, 7) is 2.71. The molecule has 3 nitrogen and oxygen atoms in total. The molecule has 0 aliphatic rings. The molecule has 0 fully saturated rings. The minimum absolute atomic E-state index is 0.0787. The highest BCUT2D eigenvalue weighted by atomic mass is 14.9. The van der Waals surface area contributed by atoms with E-state index in [2.05, 4.69) is 53.5 Å². The molecule has 1 N–H and O–H groups in total. The molecule has 0 saturated carbocycles. The zero-order chi connectivity index (χ0) is 12.3. The fourth-order valence-corrected chi connectivity index (χ4v) is 2.09. The summed E-state index contributed by atoms with van der Waals surface area (Å²) >= 11 is 0. The van der Waals surface area contributed by atoms with Crippen LogP contribution in [0.5, 0.6) is 0 Å². The lowest BCUT2D eigenvalue weighted by Gasteiger charge is -2.04. The monoisotopic (exact) mass is 227 g/mol. The Hall–Kier alpha value is -1.79. The van der Waals surface area contributed by atoms with Gasteiger partial charge in [-0.25, -0.2) is 0 Å². The smallest absolute Gasteiger partial charge is 0.0924 e. The third kappa shape index (κ3) is 2.48. The number of fused-ring (bicyclic) bond motifs is 1. The topological polar surface area (TPSA) is 40.8 Å². The Kier molecular flexibility index (Phi) is 3.46. The third-order valence-electron chi connectivity index (χ3n) is 3.02. The summed E-state index contributed by atoms with van der Waals surface area (Å²) < 4.78 is 2.15. The Morgan fingerprint density at radius 2 is 2.18 bits per heavy atom. The normalized spacial score (nSPS) is 12.5. The predicted octanol–water partition coefficient (Wildman–Crippen LogP) is 2.22. The molecule has 1 unspecified atom stereocenters. The maximum Gasteiger partial charge on any atom is 0.0924 e. The maximum absolute atomic E-state index is 8.69. The molecule has 2 aromatic rings. The SMILES string of the molecule is CC(C#N)NCCc1cn(C)c2ccccc12. The van der Waals surface area contributed by atoms with Crippen LogP contribution < -0.4 is 5.32 Å². The Morgan fingerprint density at radius 3 is 2.94 bits per heavy atom. The van der Waals surface area contributed by atoms with Crippen LogP contribution in [0.1, 0.15) is 12.5 Å². The van der Waals surface area contributed by atoms with Crippen LogP contribution in [0.3, 0.4) is 0 Å². The Morgan fingerprint density at radius 1 is 1.41 bits per heavy atom. The van der Waals surface area contributed by atoms with Gasteiger partial charge in [0.1, 0.15) is 0 Å². The van der Waals surface area contributed by atoms with Gasteiger partial charge in [-0.3, -0.25) is 0 Å². The second-order valence-corrected chi connectivity index (χ2v) is 4.34. The van der Waals surface area contributed by atoms with Gasteiger partial charge in [0.2, 0.25) is 0 Å². The van der Waals surface area contributed by atoms with Gasteiger partial charge in [-0.15, -0.1) is 0 Å². The first-order valence-corrected chi connectivity index (χ1v) is 5.88. The highest BCUT2D eigenvalue weighted by Gasteiger charge is 2.05. The fraction of sp³-hybridized carbons (Fsp3) is 0.357. The number of nitriles is 1. The van der Waals surface area contributed by atoms with Crippen molar-refractivity contribution in [2.24, 2.45) is 7.05 Å². The minimum Gasteiger partial charge on any atom is -0.350 e. The van der Waals surface area contributed by atoms with E-state index in [1.807, 2.05) is 6.92 Å². The Labute approximate surface area is 102 Å². The van der Waals surface area contributed by atoms with Crippen molar-refractivity contribution in [1.82, 2.24) is 9.88 Å². The van der Waals surface area contributed by atoms with Crippen LogP contribution in [0.25, 0.3) is 10.9 Å². The van der Waals surface area contributed by atoms with E-state index >= 15 is 0 Å². The summed E-state index contributed by atoms with van der Waals surface area (Å²) in [4.78, 5) is 0. The van der Waals surface area contributed by atoms with Gasteiger partial charge in [-0.2, -0.15) is 5.26 Å². The van der Waals surface area contributed by atoms with Gasteiger partial charge in [0, 0.05) is 30.7 Å². The van der Waals surface area contributed by atoms with E-state index < -0.39 is 0 Å². The van der Waals surface area contributed by atoms with Crippen molar-refractivity contribution in [2.45, 2.75) is 19.4 Å². The summed E-state index contributed by atoms with van der Waals surface area (Å²) in [7, 11) is 2.07. The zero-order valence-corrected chi connectivity index (χ0v) is 10.3. The molecule has 0 spiro atoms. The summed E-state index contributed by atoms with van der Waals surface area (Å²) in [5.41, 5.74) is 2.59. The number of hydrogen-bond donors (Lipinski definition) is 1. The van der Waals surface area contributed by atoms with Gasteiger partial charge in [-0.1, -0.05) is 18.2 Å². The highest BCUT2D eigenvalue weighted by Crippen LogP contribution is 2.20. The average molecular weight is 227 g/mol. The van der Waals surface area contributed by atoms with Gasteiger partial charge in [0.05, 0.1) is 12.1 Å². The molecule has 0 bridgehead atoms. The van der Waals surface area contributed by atoms with Crippen molar-refractivity contribution in [3.63, 3.8) is 0 Å². The van der Waals surface area contributed by atoms with Crippen molar-refractivity contribution < 1.29 is 0 Å². The molecular formula is C14H17N3. The molecule has 0 radical (unpaired) electrons. The van der Waals surface area contributed by atoms with E-state index in [4.69, 9.17) is 5.26 Å². The number of aromatic nitrogens is 1. The number of benzene rings is 1. The molecule has 3 heteroatoms. The van der Waals surface area contributed by atoms with E-state index in [1.165, 1.54) is 16.5 Å². The van der Waals surface area contributed by atoms with E-state index in [-0.39, 0.29) is 6.04 Å². The van der Waals surface area contributed by atoms with Crippen molar-refractivity contribution in [3.8, 4) is 6.07 Å². The van der Waals surface area contributed by atoms with Crippen LogP contribution in [0.15, 0.2) is 30.5 Å². The molecule has 0 aliphatic carbocycles. The maximum atomic E-state index is 8.69. The van der Waals surface area contributed by atoms with Gasteiger partial charge in [0.15, 0.2) is 0 Å². The lowest BCUT2D eigenvalue weighted by atomic mass is 10.1. The van der Waals surface area contributed by atoms with Gasteiger partial charge in [0.25, 0.3) is 0 Å². The Balaban J connectivity index is 2.12. The number of aryl methyl sites for hydroxylation is 1. The number of rotatable bonds is 4. The van der Waals surface area contributed by atoms with E-state index in [0.29, 0.717) is 0 Å². The van der Waals surface area contributed by atoms with Crippen LogP contribution in [-0.4, -0.2) is 17.2 Å². The van der Waals surface area contributed by atoms with E-state index in [1.54, 1.807) is 0 Å². The van der Waals surface area contributed by atoms with Crippen molar-refractivity contribution in [3.05, 3.63) is 36.0 Å². The summed E-state index contributed by atoms with van der Waals surface area (Å²) in [5.74, 6) is 0. The molecule has 2 rings (SSSR count). The van der Waals surface area contributed by atoms with Crippen molar-refractivity contribution in [1.29, 1.82) is 5.26 Å². The second-order valence-electron chi connectivity index (χ2n) is 4.34. The van der Waals surface area contributed by atoms with Crippen LogP contribution in [0.4, 0.5) is 0 Å². The molecule has 1 atom stereocenters. The summed E-state index contributed by atoms with van der Waals surface area (Å²) in [6, 6.07) is 10.5. The third-order valence-corrected chi connectivity index (χ3v) is 3.02. The van der Waals surface area contributed by atoms with Gasteiger partial charge < -0.3 is 9.88 Å². The number of para-hydroxylation sites is 1. The largest absolute Gasteiger partial charge is 0.350 e. The molecule has 1 aromatic heterocycles. The fourth-order valence-electron chi connectivity index (χ4n) is 2.09. The van der Waals surface area contributed by atoms with Crippen LogP contribution in [-0.2, 0) is 13.5 Å². The van der Waals surface area contributed by atoms with Crippen LogP contribution in [0, 0.1) is 11.3 Å². The van der Waals surface area contributed by atoms with Crippen molar-refractivity contribution in [2.75, 3.05) is 6.54 Å². The first kappa shape index (κ1) is 11.7. The minimum atomic E-state index is -0.0787. The van der Waals surface area contributed by atoms with Gasteiger partial charge in [-0.05, 0) is 25.0 Å². The van der Waals surface area contributed by atoms with Crippen LogP contribution in [0.2, 0.25) is 0 Å². The first-order valence-electron chi connectivity index (χ1n) is 5.88. The Bertz CT molecular complexity index is 548.